The third-order valence-corrected chi connectivity index (χ3v) is 4.74. The van der Waals surface area contributed by atoms with Crippen LogP contribution in [0.15, 0.2) is 41.3 Å². The number of phenols is 1. The first-order valence-corrected chi connectivity index (χ1v) is 7.06. The van der Waals surface area contributed by atoms with Gasteiger partial charge in [-0.2, -0.15) is 0 Å². The van der Waals surface area contributed by atoms with Gasteiger partial charge in [-0.1, -0.05) is 6.07 Å². The van der Waals surface area contributed by atoms with E-state index >= 15 is 0 Å². The fraction of sp³-hybridized carbons (Fsp3) is 0. The molecule has 0 atom stereocenters. The standard InChI is InChI=1S/C16H8O4S/c17-12-4-3-9-13-11(12)5-7-1-2-8(15(18)19)6-10(7)14(13)21-16(9)20/h1-6,17H,(H,18,19). The molecule has 2 N–H and O–H groups in total. The van der Waals surface area contributed by atoms with Crippen LogP contribution < -0.4 is 0 Å². The van der Waals surface area contributed by atoms with E-state index in [1.54, 1.807) is 24.3 Å². The molecule has 4 nitrogen and oxygen atoms in total. The molecule has 102 valence electrons. The van der Waals surface area contributed by atoms with E-state index < -0.39 is 5.97 Å². The van der Waals surface area contributed by atoms with Crippen LogP contribution in [0.3, 0.4) is 0 Å². The Morgan fingerprint density at radius 1 is 1.05 bits per heavy atom. The minimum atomic E-state index is -1.00. The molecule has 0 radical (unpaired) electrons. The Labute approximate surface area is 123 Å². The van der Waals surface area contributed by atoms with Crippen molar-refractivity contribution in [3.8, 4) is 5.75 Å². The Hall–Kier alpha value is -2.53. The quantitative estimate of drug-likeness (QED) is 0.670. The summed E-state index contributed by atoms with van der Waals surface area (Å²) in [7, 11) is 0. The maximum Gasteiger partial charge on any atom is 0.335 e. The van der Waals surface area contributed by atoms with Gasteiger partial charge in [0.2, 0.25) is 5.12 Å². The highest BCUT2D eigenvalue weighted by molar-refractivity contribution is 8.15. The van der Waals surface area contributed by atoms with Crippen LogP contribution in [-0.2, 0) is 0 Å². The molecular weight excluding hydrogens is 288 g/mol. The summed E-state index contributed by atoms with van der Waals surface area (Å²) in [6.07, 6.45) is 0. The fourth-order valence-corrected chi connectivity index (χ4v) is 3.80. The van der Waals surface area contributed by atoms with Crippen molar-refractivity contribution in [2.75, 3.05) is 0 Å². The number of carboxylic acid groups (broad SMARTS) is 1. The molecular formula is C16H8O4S. The molecule has 0 saturated carbocycles. The number of fused-ring (bicyclic) bond motifs is 2. The number of hydrogen-bond donors (Lipinski definition) is 2. The molecule has 3 aromatic rings. The number of carbonyl (C=O) groups excluding carboxylic acids is 1. The minimum Gasteiger partial charge on any atom is -0.507 e. The largest absolute Gasteiger partial charge is 0.507 e. The van der Waals surface area contributed by atoms with Crippen molar-refractivity contribution >= 4 is 44.4 Å². The molecule has 1 aliphatic rings. The first kappa shape index (κ1) is 12.2. The Kier molecular flexibility index (Phi) is 2.32. The second kappa shape index (κ2) is 3.99. The molecule has 0 unspecified atom stereocenters. The highest BCUT2D eigenvalue weighted by atomic mass is 32.2. The maximum atomic E-state index is 12.1. The lowest BCUT2D eigenvalue weighted by Crippen LogP contribution is -1.95. The number of carboxylic acids is 1. The maximum absolute atomic E-state index is 12.1. The highest BCUT2D eigenvalue weighted by Gasteiger charge is 2.26. The van der Waals surface area contributed by atoms with Crippen molar-refractivity contribution < 1.29 is 19.8 Å². The van der Waals surface area contributed by atoms with Gasteiger partial charge in [0, 0.05) is 21.2 Å². The van der Waals surface area contributed by atoms with E-state index in [2.05, 4.69) is 0 Å². The number of phenolic OH excluding ortho intramolecular Hbond substituents is 1. The molecule has 0 spiro atoms. The molecule has 0 aromatic heterocycles. The lowest BCUT2D eigenvalue weighted by molar-refractivity contribution is 0.0697. The molecule has 4 rings (SSSR count). The SMILES string of the molecule is O=C(O)c1ccc2cc3c(O)ccc4c3c(c2c1)SC4=O. The third-order valence-electron chi connectivity index (χ3n) is 3.71. The second-order valence-corrected chi connectivity index (χ2v) is 5.87. The van der Waals surface area contributed by atoms with Crippen LogP contribution in [0.4, 0.5) is 0 Å². The molecule has 3 aromatic carbocycles. The van der Waals surface area contributed by atoms with Crippen molar-refractivity contribution in [2.24, 2.45) is 0 Å². The summed E-state index contributed by atoms with van der Waals surface area (Å²) in [5.74, 6) is -0.885. The first-order chi connectivity index (χ1) is 10.1. The van der Waals surface area contributed by atoms with Crippen molar-refractivity contribution in [3.63, 3.8) is 0 Å². The van der Waals surface area contributed by atoms with Gasteiger partial charge in [-0.25, -0.2) is 4.79 Å². The summed E-state index contributed by atoms with van der Waals surface area (Å²) < 4.78 is 0. The van der Waals surface area contributed by atoms with E-state index in [4.69, 9.17) is 5.11 Å². The minimum absolute atomic E-state index is 0.0803. The molecule has 0 aliphatic carbocycles. The van der Waals surface area contributed by atoms with Gasteiger partial charge in [-0.15, -0.1) is 0 Å². The molecule has 1 heterocycles. The Balaban J connectivity index is 2.22. The number of benzene rings is 3. The van der Waals surface area contributed by atoms with E-state index in [-0.39, 0.29) is 16.4 Å². The van der Waals surface area contributed by atoms with Crippen LogP contribution in [0.25, 0.3) is 21.5 Å². The van der Waals surface area contributed by atoms with Gasteiger partial charge in [0.05, 0.1) is 5.56 Å². The van der Waals surface area contributed by atoms with Crippen LogP contribution in [0.5, 0.6) is 5.75 Å². The molecule has 0 amide bonds. The number of aromatic hydroxyl groups is 1. The van der Waals surface area contributed by atoms with Gasteiger partial charge in [0.25, 0.3) is 0 Å². The number of aromatic carboxylic acids is 1. The third kappa shape index (κ3) is 1.58. The van der Waals surface area contributed by atoms with E-state index in [1.165, 1.54) is 12.1 Å². The number of carbonyl (C=O) groups is 2. The second-order valence-electron chi connectivity index (χ2n) is 4.89. The Morgan fingerprint density at radius 2 is 1.86 bits per heavy atom. The number of thioether (sulfide) groups is 1. The van der Waals surface area contributed by atoms with E-state index in [0.717, 1.165) is 27.4 Å². The summed E-state index contributed by atoms with van der Waals surface area (Å²) in [5.41, 5.74) is 0.741. The normalized spacial score (nSPS) is 13.2. The smallest absolute Gasteiger partial charge is 0.335 e. The summed E-state index contributed by atoms with van der Waals surface area (Å²) in [4.78, 5) is 23.9. The van der Waals surface area contributed by atoms with Gasteiger partial charge < -0.3 is 10.2 Å². The van der Waals surface area contributed by atoms with E-state index in [0.29, 0.717) is 16.3 Å². The van der Waals surface area contributed by atoms with Crippen LogP contribution in [0.1, 0.15) is 20.7 Å². The summed E-state index contributed by atoms with van der Waals surface area (Å²) >= 11 is 1.09. The van der Waals surface area contributed by atoms with Crippen molar-refractivity contribution in [3.05, 3.63) is 47.5 Å². The average molecular weight is 296 g/mol. The van der Waals surface area contributed by atoms with Gasteiger partial charge in [0.15, 0.2) is 0 Å². The van der Waals surface area contributed by atoms with Crippen LogP contribution >= 0.6 is 11.8 Å². The number of hydrogen-bond acceptors (Lipinski definition) is 4. The monoisotopic (exact) mass is 296 g/mol. The zero-order valence-electron chi connectivity index (χ0n) is 10.6. The lowest BCUT2D eigenvalue weighted by atomic mass is 9.98. The molecule has 0 bridgehead atoms. The van der Waals surface area contributed by atoms with Crippen molar-refractivity contribution in [1.29, 1.82) is 0 Å². The summed E-state index contributed by atoms with van der Waals surface area (Å²) in [5, 5.41) is 21.9. The molecule has 21 heavy (non-hydrogen) atoms. The predicted molar refractivity (Wildman–Crippen MR) is 80.3 cm³/mol. The van der Waals surface area contributed by atoms with Gasteiger partial charge >= 0.3 is 5.97 Å². The fourth-order valence-electron chi connectivity index (χ4n) is 2.73. The summed E-state index contributed by atoms with van der Waals surface area (Å²) in [6.45, 7) is 0. The highest BCUT2D eigenvalue weighted by Crippen LogP contribution is 2.47. The Morgan fingerprint density at radius 3 is 2.62 bits per heavy atom. The molecule has 5 heteroatoms. The summed E-state index contributed by atoms with van der Waals surface area (Å²) in [6, 6.07) is 9.71. The van der Waals surface area contributed by atoms with E-state index in [9.17, 15) is 14.7 Å². The van der Waals surface area contributed by atoms with E-state index in [1.807, 2.05) is 0 Å². The zero-order valence-corrected chi connectivity index (χ0v) is 11.4. The molecule has 0 saturated heterocycles. The van der Waals surface area contributed by atoms with Crippen molar-refractivity contribution in [1.82, 2.24) is 0 Å². The predicted octanol–water partition coefficient (Wildman–Crippen LogP) is 3.64. The topological polar surface area (TPSA) is 74.6 Å². The Bertz CT molecular complexity index is 975. The number of rotatable bonds is 1. The zero-order chi connectivity index (χ0) is 14.7. The van der Waals surface area contributed by atoms with Gasteiger partial charge in [0.1, 0.15) is 5.75 Å². The van der Waals surface area contributed by atoms with Gasteiger partial charge in [-0.05, 0) is 52.9 Å². The lowest BCUT2D eigenvalue weighted by Gasteiger charge is -2.08. The van der Waals surface area contributed by atoms with Crippen LogP contribution in [0, 0.1) is 0 Å². The molecule has 1 aliphatic heterocycles. The molecule has 0 fully saturated rings. The van der Waals surface area contributed by atoms with Gasteiger partial charge in [-0.3, -0.25) is 4.79 Å². The van der Waals surface area contributed by atoms with Crippen LogP contribution in [-0.4, -0.2) is 21.3 Å². The average Bonchev–Trinajstić information content (AvgIpc) is 2.80. The van der Waals surface area contributed by atoms with Crippen LogP contribution in [0.2, 0.25) is 0 Å². The first-order valence-electron chi connectivity index (χ1n) is 6.24. The van der Waals surface area contributed by atoms with Crippen molar-refractivity contribution in [2.45, 2.75) is 4.90 Å².